The molecular weight excluding hydrogens is 202 g/mol. The Hall–Kier alpha value is -0.120. The zero-order valence-corrected chi connectivity index (χ0v) is 10.6. The van der Waals surface area contributed by atoms with Crippen molar-refractivity contribution >= 4 is 0 Å². The molecule has 0 bridgehead atoms. The van der Waals surface area contributed by atoms with Crippen LogP contribution in [0.1, 0.15) is 39.0 Å². The van der Waals surface area contributed by atoms with Crippen LogP contribution < -0.4 is 0 Å². The van der Waals surface area contributed by atoms with E-state index in [1.165, 1.54) is 25.7 Å². The van der Waals surface area contributed by atoms with E-state index in [0.29, 0.717) is 18.1 Å². The van der Waals surface area contributed by atoms with Crippen molar-refractivity contribution in [2.24, 2.45) is 5.92 Å². The Labute approximate surface area is 98.8 Å². The SMILES string of the molecule is COC1CCCC(N2CCC(O)C(C)C2)C1. The first kappa shape index (κ1) is 12.3. The molecule has 1 aliphatic carbocycles. The van der Waals surface area contributed by atoms with Gasteiger partial charge < -0.3 is 9.84 Å². The summed E-state index contributed by atoms with van der Waals surface area (Å²) in [6.07, 6.45) is 6.31. The minimum Gasteiger partial charge on any atom is -0.393 e. The second-order valence-corrected chi connectivity index (χ2v) is 5.51. The van der Waals surface area contributed by atoms with Crippen molar-refractivity contribution in [2.75, 3.05) is 20.2 Å². The van der Waals surface area contributed by atoms with Crippen molar-refractivity contribution in [2.45, 2.75) is 57.3 Å². The maximum absolute atomic E-state index is 9.74. The molecule has 1 N–H and O–H groups in total. The van der Waals surface area contributed by atoms with Gasteiger partial charge in [-0.2, -0.15) is 0 Å². The van der Waals surface area contributed by atoms with E-state index in [1.54, 1.807) is 0 Å². The zero-order chi connectivity index (χ0) is 11.5. The Morgan fingerprint density at radius 3 is 2.75 bits per heavy atom. The number of nitrogens with zero attached hydrogens (tertiary/aromatic N) is 1. The second kappa shape index (κ2) is 5.48. The fourth-order valence-electron chi connectivity index (χ4n) is 3.16. The molecule has 3 nitrogen and oxygen atoms in total. The molecule has 1 saturated heterocycles. The highest BCUT2D eigenvalue weighted by atomic mass is 16.5. The predicted octanol–water partition coefficient (Wildman–Crippen LogP) is 1.65. The van der Waals surface area contributed by atoms with E-state index >= 15 is 0 Å². The van der Waals surface area contributed by atoms with Crippen molar-refractivity contribution < 1.29 is 9.84 Å². The number of rotatable bonds is 2. The van der Waals surface area contributed by atoms with E-state index in [2.05, 4.69) is 11.8 Å². The van der Waals surface area contributed by atoms with Crippen LogP contribution in [0.25, 0.3) is 0 Å². The summed E-state index contributed by atoms with van der Waals surface area (Å²) >= 11 is 0. The molecule has 1 heterocycles. The van der Waals surface area contributed by atoms with Gasteiger partial charge in [0, 0.05) is 26.2 Å². The number of methoxy groups -OCH3 is 1. The summed E-state index contributed by atoms with van der Waals surface area (Å²) in [5.41, 5.74) is 0. The highest BCUT2D eigenvalue weighted by molar-refractivity contribution is 4.86. The van der Waals surface area contributed by atoms with Gasteiger partial charge in [0.1, 0.15) is 0 Å². The van der Waals surface area contributed by atoms with Gasteiger partial charge in [-0.05, 0) is 38.0 Å². The molecule has 2 aliphatic rings. The lowest BCUT2D eigenvalue weighted by atomic mass is 9.88. The molecule has 1 aliphatic heterocycles. The second-order valence-electron chi connectivity index (χ2n) is 5.51. The Kier molecular flexibility index (Phi) is 4.22. The number of aliphatic hydroxyl groups excluding tert-OH is 1. The lowest BCUT2D eigenvalue weighted by Gasteiger charge is -2.42. The molecule has 0 spiro atoms. The van der Waals surface area contributed by atoms with E-state index in [1.807, 2.05) is 7.11 Å². The first-order valence-corrected chi connectivity index (χ1v) is 6.65. The van der Waals surface area contributed by atoms with Crippen LogP contribution in [-0.2, 0) is 4.74 Å². The molecular formula is C13H25NO2. The molecule has 0 amide bonds. The average Bonchev–Trinajstić information content (AvgIpc) is 2.33. The Bertz CT molecular complexity index is 218. The first-order valence-electron chi connectivity index (χ1n) is 6.65. The molecule has 94 valence electrons. The first-order chi connectivity index (χ1) is 7.70. The highest BCUT2D eigenvalue weighted by Crippen LogP contribution is 2.28. The van der Waals surface area contributed by atoms with Gasteiger partial charge in [-0.25, -0.2) is 0 Å². The largest absolute Gasteiger partial charge is 0.393 e. The van der Waals surface area contributed by atoms with Gasteiger partial charge in [-0.3, -0.25) is 4.90 Å². The van der Waals surface area contributed by atoms with E-state index < -0.39 is 0 Å². The summed E-state index contributed by atoms with van der Waals surface area (Å²) in [7, 11) is 1.83. The molecule has 2 fully saturated rings. The summed E-state index contributed by atoms with van der Waals surface area (Å²) in [6.45, 7) is 4.28. The van der Waals surface area contributed by atoms with Crippen LogP contribution in [-0.4, -0.2) is 48.5 Å². The number of hydrogen-bond acceptors (Lipinski definition) is 3. The van der Waals surface area contributed by atoms with Crippen molar-refractivity contribution in [3.63, 3.8) is 0 Å². The van der Waals surface area contributed by atoms with E-state index in [4.69, 9.17) is 4.74 Å². The monoisotopic (exact) mass is 227 g/mol. The normalized spacial score (nSPS) is 42.2. The highest BCUT2D eigenvalue weighted by Gasteiger charge is 2.31. The van der Waals surface area contributed by atoms with Crippen molar-refractivity contribution in [3.05, 3.63) is 0 Å². The number of aliphatic hydroxyl groups is 1. The van der Waals surface area contributed by atoms with Crippen LogP contribution in [0.3, 0.4) is 0 Å². The summed E-state index contributed by atoms with van der Waals surface area (Å²) in [4.78, 5) is 2.57. The average molecular weight is 227 g/mol. The molecule has 0 aromatic heterocycles. The van der Waals surface area contributed by atoms with Gasteiger partial charge in [-0.1, -0.05) is 6.92 Å². The molecule has 0 radical (unpaired) electrons. The van der Waals surface area contributed by atoms with Crippen LogP contribution in [0.2, 0.25) is 0 Å². The standard InChI is InChI=1S/C13H25NO2/c1-10-9-14(7-6-13(10)15)11-4-3-5-12(8-11)16-2/h10-13,15H,3-9H2,1-2H3. The molecule has 16 heavy (non-hydrogen) atoms. The molecule has 1 saturated carbocycles. The zero-order valence-electron chi connectivity index (χ0n) is 10.6. The van der Waals surface area contributed by atoms with E-state index in [9.17, 15) is 5.11 Å². The minimum atomic E-state index is -0.0851. The van der Waals surface area contributed by atoms with E-state index in [-0.39, 0.29) is 6.10 Å². The lowest BCUT2D eigenvalue weighted by molar-refractivity contribution is -0.0165. The quantitative estimate of drug-likeness (QED) is 0.778. The molecule has 4 atom stereocenters. The fourth-order valence-corrected chi connectivity index (χ4v) is 3.16. The van der Waals surface area contributed by atoms with Crippen LogP contribution in [0.4, 0.5) is 0 Å². The Morgan fingerprint density at radius 1 is 1.25 bits per heavy atom. The topological polar surface area (TPSA) is 32.7 Å². The maximum atomic E-state index is 9.74. The van der Waals surface area contributed by atoms with Crippen molar-refractivity contribution in [1.82, 2.24) is 4.90 Å². The number of hydrogen-bond donors (Lipinski definition) is 1. The van der Waals surface area contributed by atoms with Gasteiger partial charge in [0.2, 0.25) is 0 Å². The van der Waals surface area contributed by atoms with Crippen molar-refractivity contribution in [1.29, 1.82) is 0 Å². The Morgan fingerprint density at radius 2 is 2.06 bits per heavy atom. The number of ether oxygens (including phenoxy) is 1. The summed E-state index contributed by atoms with van der Waals surface area (Å²) in [5, 5.41) is 9.74. The van der Waals surface area contributed by atoms with Crippen LogP contribution in [0.5, 0.6) is 0 Å². The molecule has 0 aromatic carbocycles. The number of piperidine rings is 1. The van der Waals surface area contributed by atoms with Gasteiger partial charge in [-0.15, -0.1) is 0 Å². The summed E-state index contributed by atoms with van der Waals surface area (Å²) < 4.78 is 5.48. The maximum Gasteiger partial charge on any atom is 0.0590 e. The third-order valence-corrected chi connectivity index (χ3v) is 4.34. The molecule has 0 aromatic rings. The predicted molar refractivity (Wildman–Crippen MR) is 64.4 cm³/mol. The third kappa shape index (κ3) is 2.76. The van der Waals surface area contributed by atoms with Gasteiger partial charge >= 0.3 is 0 Å². The molecule has 4 unspecified atom stereocenters. The third-order valence-electron chi connectivity index (χ3n) is 4.34. The van der Waals surface area contributed by atoms with Crippen molar-refractivity contribution in [3.8, 4) is 0 Å². The fraction of sp³-hybridized carbons (Fsp3) is 1.00. The van der Waals surface area contributed by atoms with Crippen LogP contribution in [0, 0.1) is 5.92 Å². The van der Waals surface area contributed by atoms with Gasteiger partial charge in [0.15, 0.2) is 0 Å². The Balaban J connectivity index is 1.87. The summed E-state index contributed by atoms with van der Waals surface area (Å²) in [6, 6.07) is 0.689. The lowest BCUT2D eigenvalue weighted by Crippen LogP contribution is -2.49. The van der Waals surface area contributed by atoms with Gasteiger partial charge in [0.25, 0.3) is 0 Å². The van der Waals surface area contributed by atoms with Crippen LogP contribution >= 0.6 is 0 Å². The summed E-state index contributed by atoms with van der Waals surface area (Å²) in [5.74, 6) is 0.427. The smallest absolute Gasteiger partial charge is 0.0590 e. The van der Waals surface area contributed by atoms with E-state index in [0.717, 1.165) is 19.5 Å². The number of likely N-dealkylation sites (tertiary alicyclic amines) is 1. The molecule has 3 heteroatoms. The van der Waals surface area contributed by atoms with Crippen LogP contribution in [0.15, 0.2) is 0 Å². The molecule has 2 rings (SSSR count). The minimum absolute atomic E-state index is 0.0851. The van der Waals surface area contributed by atoms with Gasteiger partial charge in [0.05, 0.1) is 12.2 Å².